The van der Waals surface area contributed by atoms with Crippen LogP contribution in [-0.2, 0) is 0 Å². The zero-order valence-electron chi connectivity index (χ0n) is 10.9. The third-order valence-corrected chi connectivity index (χ3v) is 2.75. The van der Waals surface area contributed by atoms with E-state index in [1.54, 1.807) is 0 Å². The van der Waals surface area contributed by atoms with Crippen LogP contribution in [0.4, 0.5) is 0 Å². The molecule has 2 nitrogen and oxygen atoms in total. The van der Waals surface area contributed by atoms with E-state index < -0.39 is 0 Å². The van der Waals surface area contributed by atoms with Crippen molar-refractivity contribution in [3.63, 3.8) is 0 Å². The van der Waals surface area contributed by atoms with E-state index >= 15 is 0 Å². The fourth-order valence-corrected chi connectivity index (χ4v) is 1.82. The summed E-state index contributed by atoms with van der Waals surface area (Å²) in [5.41, 5.74) is 5.64. The minimum absolute atomic E-state index is 0.604. The molecule has 92 valence electrons. The van der Waals surface area contributed by atoms with Crippen LogP contribution in [0.15, 0.2) is 59.4 Å². The second-order valence-corrected chi connectivity index (χ2v) is 4.58. The Kier molecular flexibility index (Phi) is 3.78. The molecule has 0 saturated heterocycles. The van der Waals surface area contributed by atoms with Crippen molar-refractivity contribution in [3.8, 4) is 0 Å². The van der Waals surface area contributed by atoms with Gasteiger partial charge in [-0.2, -0.15) is 0 Å². The second kappa shape index (κ2) is 5.50. The number of hydrogen-bond acceptors (Lipinski definition) is 2. The monoisotopic (exact) mass is 238 g/mol. The molecular formula is C16H18N2. The Labute approximate surface area is 108 Å². The molecule has 0 atom stereocenters. The van der Waals surface area contributed by atoms with E-state index in [2.05, 4.69) is 61.1 Å². The standard InChI is InChI=1S/C16H18N2/c1-12-5-4-6-15(7-12)16-8-13(2)9-18-14(3)10-17-11-16/h4-9,11,18H,3,10H2,1-2H3/b13-9+,16-8+,17-11-. The molecule has 2 heteroatoms. The molecule has 0 amide bonds. The molecule has 0 spiro atoms. The molecule has 0 aromatic heterocycles. The fraction of sp³-hybridized carbons (Fsp3) is 0.188. The maximum Gasteiger partial charge on any atom is 0.0783 e. The first-order chi connectivity index (χ1) is 8.65. The highest BCUT2D eigenvalue weighted by Crippen LogP contribution is 2.17. The largest absolute Gasteiger partial charge is 0.364 e. The number of aryl methyl sites for hydroxylation is 1. The van der Waals surface area contributed by atoms with E-state index in [4.69, 9.17) is 0 Å². The van der Waals surface area contributed by atoms with Gasteiger partial charge in [0.15, 0.2) is 0 Å². The van der Waals surface area contributed by atoms with Gasteiger partial charge in [-0.3, -0.25) is 4.99 Å². The van der Waals surface area contributed by atoms with Gasteiger partial charge in [-0.15, -0.1) is 0 Å². The predicted molar refractivity (Wildman–Crippen MR) is 78.5 cm³/mol. The van der Waals surface area contributed by atoms with Crippen molar-refractivity contribution in [2.45, 2.75) is 13.8 Å². The van der Waals surface area contributed by atoms with E-state index in [9.17, 15) is 0 Å². The van der Waals surface area contributed by atoms with Crippen molar-refractivity contribution in [2.75, 3.05) is 6.54 Å². The number of hydrogen-bond donors (Lipinski definition) is 1. The maximum absolute atomic E-state index is 4.41. The van der Waals surface area contributed by atoms with Gasteiger partial charge in [-0.25, -0.2) is 0 Å². The van der Waals surface area contributed by atoms with Crippen molar-refractivity contribution in [3.05, 3.63) is 65.5 Å². The highest BCUT2D eigenvalue weighted by Gasteiger charge is 2.01. The van der Waals surface area contributed by atoms with Gasteiger partial charge in [0.25, 0.3) is 0 Å². The predicted octanol–water partition coefficient (Wildman–Crippen LogP) is 3.47. The summed E-state index contributed by atoms with van der Waals surface area (Å²) in [7, 11) is 0. The molecule has 0 bridgehead atoms. The first-order valence-electron chi connectivity index (χ1n) is 6.05. The van der Waals surface area contributed by atoms with Gasteiger partial charge in [0.1, 0.15) is 0 Å². The first-order valence-corrected chi connectivity index (χ1v) is 6.05. The summed E-state index contributed by atoms with van der Waals surface area (Å²) in [6, 6.07) is 8.45. The van der Waals surface area contributed by atoms with Crippen LogP contribution in [0.1, 0.15) is 18.1 Å². The summed E-state index contributed by atoms with van der Waals surface area (Å²) in [6.45, 7) is 8.68. The minimum atomic E-state index is 0.604. The number of rotatable bonds is 1. The number of nitrogens with one attached hydrogen (secondary N) is 1. The lowest BCUT2D eigenvalue weighted by atomic mass is 10.0. The number of nitrogens with zero attached hydrogens (tertiary/aromatic N) is 1. The lowest BCUT2D eigenvalue weighted by molar-refractivity contribution is 0.980. The summed E-state index contributed by atoms with van der Waals surface area (Å²) in [4.78, 5) is 4.41. The van der Waals surface area contributed by atoms with Gasteiger partial charge in [-0.05, 0) is 36.6 Å². The molecule has 1 heterocycles. The van der Waals surface area contributed by atoms with Gasteiger partial charge in [0.2, 0.25) is 0 Å². The molecule has 0 saturated carbocycles. The van der Waals surface area contributed by atoms with Crippen molar-refractivity contribution in [1.29, 1.82) is 0 Å². The third kappa shape index (κ3) is 3.20. The molecular weight excluding hydrogens is 220 g/mol. The lowest BCUT2D eigenvalue weighted by Crippen LogP contribution is -2.06. The Hall–Kier alpha value is -2.09. The molecule has 0 aliphatic carbocycles. The first kappa shape index (κ1) is 12.4. The Balaban J connectivity index is 2.41. The average molecular weight is 238 g/mol. The zero-order valence-corrected chi connectivity index (χ0v) is 10.9. The normalized spacial score (nSPS) is 23.6. The Morgan fingerprint density at radius 1 is 1.28 bits per heavy atom. The van der Waals surface area contributed by atoms with Crippen LogP contribution in [-0.4, -0.2) is 12.8 Å². The topological polar surface area (TPSA) is 24.4 Å². The average Bonchev–Trinajstić information content (AvgIpc) is 2.42. The smallest absolute Gasteiger partial charge is 0.0783 e. The van der Waals surface area contributed by atoms with Crippen molar-refractivity contribution >= 4 is 11.8 Å². The Bertz CT molecular complexity index is 548. The summed E-state index contributed by atoms with van der Waals surface area (Å²) >= 11 is 0. The molecule has 1 N–H and O–H groups in total. The van der Waals surface area contributed by atoms with E-state index in [1.807, 2.05) is 12.4 Å². The van der Waals surface area contributed by atoms with Gasteiger partial charge in [-0.1, -0.05) is 36.4 Å². The van der Waals surface area contributed by atoms with Crippen LogP contribution < -0.4 is 5.32 Å². The molecule has 18 heavy (non-hydrogen) atoms. The molecule has 0 radical (unpaired) electrons. The van der Waals surface area contributed by atoms with E-state index in [-0.39, 0.29) is 0 Å². The van der Waals surface area contributed by atoms with Gasteiger partial charge >= 0.3 is 0 Å². The number of benzene rings is 1. The van der Waals surface area contributed by atoms with Crippen LogP contribution in [0, 0.1) is 6.92 Å². The lowest BCUT2D eigenvalue weighted by Gasteiger charge is -2.03. The Morgan fingerprint density at radius 3 is 2.89 bits per heavy atom. The fourth-order valence-electron chi connectivity index (χ4n) is 1.82. The van der Waals surface area contributed by atoms with Crippen LogP contribution in [0.2, 0.25) is 0 Å². The van der Waals surface area contributed by atoms with Crippen LogP contribution >= 0.6 is 0 Å². The van der Waals surface area contributed by atoms with Crippen LogP contribution in [0.25, 0.3) is 5.57 Å². The number of aliphatic imine (C=N–C) groups is 1. The third-order valence-electron chi connectivity index (χ3n) is 2.75. The van der Waals surface area contributed by atoms with Crippen LogP contribution in [0.5, 0.6) is 0 Å². The van der Waals surface area contributed by atoms with Crippen molar-refractivity contribution in [1.82, 2.24) is 5.32 Å². The molecule has 0 unspecified atom stereocenters. The molecule has 1 aromatic carbocycles. The second-order valence-electron chi connectivity index (χ2n) is 4.58. The Morgan fingerprint density at radius 2 is 2.11 bits per heavy atom. The summed E-state index contributed by atoms with van der Waals surface area (Å²) < 4.78 is 0. The quantitative estimate of drug-likeness (QED) is 0.796. The van der Waals surface area contributed by atoms with Gasteiger partial charge in [0.05, 0.1) is 6.54 Å². The van der Waals surface area contributed by atoms with Crippen molar-refractivity contribution in [2.24, 2.45) is 4.99 Å². The molecule has 1 aliphatic heterocycles. The highest BCUT2D eigenvalue weighted by molar-refractivity contribution is 6.10. The summed E-state index contributed by atoms with van der Waals surface area (Å²) in [5.74, 6) is 0. The minimum Gasteiger partial charge on any atom is -0.364 e. The number of allylic oxidation sites excluding steroid dienone is 3. The van der Waals surface area contributed by atoms with Gasteiger partial charge < -0.3 is 5.32 Å². The zero-order chi connectivity index (χ0) is 13.0. The molecule has 2 rings (SSSR count). The van der Waals surface area contributed by atoms with Crippen LogP contribution in [0.3, 0.4) is 0 Å². The highest BCUT2D eigenvalue weighted by atomic mass is 14.9. The molecule has 1 aromatic rings. The van der Waals surface area contributed by atoms with E-state index in [0.717, 1.165) is 16.8 Å². The summed E-state index contributed by atoms with van der Waals surface area (Å²) in [5, 5.41) is 3.14. The summed E-state index contributed by atoms with van der Waals surface area (Å²) in [6.07, 6.45) is 6.01. The molecule has 0 fully saturated rings. The van der Waals surface area contributed by atoms with Crippen molar-refractivity contribution < 1.29 is 0 Å². The van der Waals surface area contributed by atoms with E-state index in [0.29, 0.717) is 6.54 Å². The SMILES string of the molecule is C=C1C\N=C/C(c2cccc(C)c2)=C\C(C)=C\N1. The molecule has 1 aliphatic rings. The van der Waals surface area contributed by atoms with E-state index in [1.165, 1.54) is 11.1 Å². The van der Waals surface area contributed by atoms with Gasteiger partial charge in [0, 0.05) is 18.1 Å². The maximum atomic E-state index is 4.41.